The van der Waals surface area contributed by atoms with Gasteiger partial charge in [0, 0.05) is 0 Å². The van der Waals surface area contributed by atoms with Gasteiger partial charge in [0.2, 0.25) is 0 Å². The third kappa shape index (κ3) is 26.7. The molecule has 4 heteroatoms. The van der Waals surface area contributed by atoms with Crippen LogP contribution in [0.5, 0.6) is 0 Å². The van der Waals surface area contributed by atoms with Crippen molar-refractivity contribution < 1.29 is 9.85 Å². The summed E-state index contributed by atoms with van der Waals surface area (Å²) in [5.74, 6) is 3.50. The van der Waals surface area contributed by atoms with E-state index in [0.717, 1.165) is 13.0 Å². The summed E-state index contributed by atoms with van der Waals surface area (Å²) in [5, 5.41) is 17.9. The molecule has 4 nitrogen and oxygen atoms in total. The zero-order valence-electron chi connectivity index (χ0n) is 16.9. The Kier molecular flexibility index (Phi) is 22.7. The molecule has 0 unspecified atom stereocenters. The van der Waals surface area contributed by atoms with Gasteiger partial charge in [0.25, 0.3) is 0 Å². The molecule has 0 radical (unpaired) electrons. The Bertz CT molecular complexity index is 218. The molecule has 0 aromatic rings. The Balaban J connectivity index is 0. The number of quaternary nitrogens is 1. The summed E-state index contributed by atoms with van der Waals surface area (Å²) in [6, 6.07) is 0. The van der Waals surface area contributed by atoms with Crippen molar-refractivity contribution in [2.75, 3.05) is 20.6 Å². The Morgan fingerprint density at radius 1 is 0.583 bits per heavy atom. The molecule has 0 aromatic heterocycles. The molecule has 0 aliphatic rings. The van der Waals surface area contributed by atoms with Gasteiger partial charge >= 0.3 is 0 Å². The number of nitrogens with two attached hydrogens (primary N) is 1. The quantitative estimate of drug-likeness (QED) is 0.188. The van der Waals surface area contributed by atoms with Crippen LogP contribution in [0.1, 0.15) is 110 Å². The molecular weight excluding hydrogens is 300 g/mol. The maximum atomic E-state index is 11.4. The second kappa shape index (κ2) is 20.9. The zero-order valence-corrected chi connectivity index (χ0v) is 16.9. The van der Waals surface area contributed by atoms with Crippen molar-refractivity contribution in [2.24, 2.45) is 5.90 Å². The number of hydrogen-bond donors (Lipinski definition) is 2. The maximum absolute atomic E-state index is 11.4. The topological polar surface area (TPSA) is 69.3 Å². The third-order valence-corrected chi connectivity index (χ3v) is 4.55. The highest BCUT2D eigenvalue weighted by molar-refractivity contribution is 4.50. The monoisotopic (exact) mass is 346 g/mol. The number of hydrogen-bond acceptors (Lipinski definition) is 3. The molecule has 0 amide bonds. The zero-order chi connectivity index (χ0) is 18.5. The van der Waals surface area contributed by atoms with Crippen LogP contribution in [0.25, 0.3) is 0 Å². The van der Waals surface area contributed by atoms with Crippen LogP contribution in [0.15, 0.2) is 0 Å². The Labute approximate surface area is 151 Å². The summed E-state index contributed by atoms with van der Waals surface area (Å²) in [7, 11) is 3.48. The largest absolute Gasteiger partial charge is 0.633 e. The molecule has 0 bridgehead atoms. The molecule has 0 atom stereocenters. The van der Waals surface area contributed by atoms with E-state index in [4.69, 9.17) is 5.21 Å². The molecular formula is C20H46N2O2. The molecule has 148 valence electrons. The standard InChI is InChI=1S/C20H43NO.H3NO/c1-4-5-6-7-8-9-10-11-12-13-14-15-16-17-18-19-20-21(2,3)22;1-2/h4-20H2,1-3H3;2H,1H2. The van der Waals surface area contributed by atoms with Gasteiger partial charge in [-0.3, -0.25) is 0 Å². The fourth-order valence-electron chi connectivity index (χ4n) is 3.04. The van der Waals surface area contributed by atoms with Gasteiger partial charge in [0.1, 0.15) is 0 Å². The van der Waals surface area contributed by atoms with Crippen molar-refractivity contribution in [1.29, 1.82) is 0 Å². The highest BCUT2D eigenvalue weighted by Gasteiger charge is 2.00. The van der Waals surface area contributed by atoms with E-state index in [1.165, 1.54) is 96.3 Å². The van der Waals surface area contributed by atoms with Gasteiger partial charge in [0.15, 0.2) is 0 Å². The lowest BCUT2D eigenvalue weighted by Crippen LogP contribution is -2.32. The average molecular weight is 347 g/mol. The highest BCUT2D eigenvalue weighted by atomic mass is 16.5. The summed E-state index contributed by atoms with van der Waals surface area (Å²) in [6.45, 7) is 3.06. The normalized spacial score (nSPS) is 11.2. The predicted octanol–water partition coefficient (Wildman–Crippen LogP) is 6.16. The van der Waals surface area contributed by atoms with Gasteiger partial charge in [0.05, 0.1) is 20.6 Å². The first-order valence-electron chi connectivity index (χ1n) is 10.4. The minimum absolute atomic E-state index is 0.126. The second-order valence-electron chi connectivity index (χ2n) is 7.60. The first-order valence-corrected chi connectivity index (χ1v) is 10.4. The Morgan fingerprint density at radius 2 is 0.833 bits per heavy atom. The smallest absolute Gasteiger partial charge is 0.0779 e. The SMILES string of the molecule is CCCCCCCCCCCCCCCCCC[N+](C)(C)[O-].NO. The number of hydroxylamine groups is 3. The fourth-order valence-corrected chi connectivity index (χ4v) is 3.04. The van der Waals surface area contributed by atoms with Gasteiger partial charge in [-0.05, 0) is 12.8 Å². The summed E-state index contributed by atoms with van der Waals surface area (Å²) >= 11 is 0. The molecule has 0 saturated heterocycles. The van der Waals surface area contributed by atoms with Crippen molar-refractivity contribution >= 4 is 0 Å². The van der Waals surface area contributed by atoms with Crippen molar-refractivity contribution in [1.82, 2.24) is 0 Å². The summed E-state index contributed by atoms with van der Waals surface area (Å²) in [6.07, 6.45) is 22.2. The lowest BCUT2D eigenvalue weighted by atomic mass is 10.0. The van der Waals surface area contributed by atoms with E-state index >= 15 is 0 Å². The third-order valence-electron chi connectivity index (χ3n) is 4.55. The van der Waals surface area contributed by atoms with Crippen molar-refractivity contribution in [3.8, 4) is 0 Å². The van der Waals surface area contributed by atoms with Gasteiger partial charge < -0.3 is 15.1 Å². The summed E-state index contributed by atoms with van der Waals surface area (Å²) < 4.78 is -0.126. The number of rotatable bonds is 17. The van der Waals surface area contributed by atoms with Crippen molar-refractivity contribution in [3.05, 3.63) is 5.21 Å². The molecule has 0 heterocycles. The van der Waals surface area contributed by atoms with Crippen LogP contribution in [0.4, 0.5) is 0 Å². The average Bonchev–Trinajstić information content (AvgIpc) is 2.55. The van der Waals surface area contributed by atoms with E-state index in [0.29, 0.717) is 0 Å². The van der Waals surface area contributed by atoms with Gasteiger partial charge in [-0.25, -0.2) is 5.90 Å². The van der Waals surface area contributed by atoms with E-state index in [-0.39, 0.29) is 4.65 Å². The number of unbranched alkanes of at least 4 members (excludes halogenated alkanes) is 15. The molecule has 0 rings (SSSR count). The van der Waals surface area contributed by atoms with Crippen LogP contribution in [-0.2, 0) is 0 Å². The molecule has 24 heavy (non-hydrogen) atoms. The fraction of sp³-hybridized carbons (Fsp3) is 1.00. The molecule has 0 spiro atoms. The molecule has 0 fully saturated rings. The van der Waals surface area contributed by atoms with E-state index in [1.807, 2.05) is 0 Å². The lowest BCUT2D eigenvalue weighted by molar-refractivity contribution is -0.840. The van der Waals surface area contributed by atoms with Crippen molar-refractivity contribution in [3.63, 3.8) is 0 Å². The first kappa shape index (κ1) is 26.1. The van der Waals surface area contributed by atoms with Crippen LogP contribution in [0, 0.1) is 5.21 Å². The van der Waals surface area contributed by atoms with Gasteiger partial charge in [-0.2, -0.15) is 0 Å². The molecule has 0 aliphatic carbocycles. The Morgan fingerprint density at radius 3 is 1.08 bits per heavy atom. The van der Waals surface area contributed by atoms with Crippen LogP contribution >= 0.6 is 0 Å². The minimum Gasteiger partial charge on any atom is -0.633 e. The summed E-state index contributed by atoms with van der Waals surface area (Å²) in [4.78, 5) is 0. The molecule has 0 saturated carbocycles. The van der Waals surface area contributed by atoms with Crippen molar-refractivity contribution in [2.45, 2.75) is 110 Å². The van der Waals surface area contributed by atoms with E-state index < -0.39 is 0 Å². The lowest BCUT2D eigenvalue weighted by Gasteiger charge is -2.33. The van der Waals surface area contributed by atoms with Crippen LogP contribution in [0.2, 0.25) is 0 Å². The van der Waals surface area contributed by atoms with E-state index in [9.17, 15) is 5.21 Å². The molecule has 3 N–H and O–H groups in total. The van der Waals surface area contributed by atoms with Gasteiger partial charge in [-0.15, -0.1) is 0 Å². The van der Waals surface area contributed by atoms with E-state index in [2.05, 4.69) is 12.8 Å². The van der Waals surface area contributed by atoms with Crippen LogP contribution in [-0.4, -0.2) is 30.5 Å². The second-order valence-corrected chi connectivity index (χ2v) is 7.60. The van der Waals surface area contributed by atoms with Crippen LogP contribution < -0.4 is 5.90 Å². The van der Waals surface area contributed by atoms with E-state index in [1.54, 1.807) is 14.1 Å². The maximum Gasteiger partial charge on any atom is 0.0779 e. The molecule has 0 aliphatic heterocycles. The highest BCUT2D eigenvalue weighted by Crippen LogP contribution is 2.13. The van der Waals surface area contributed by atoms with Gasteiger partial charge in [-0.1, -0.05) is 96.8 Å². The number of nitrogens with zero attached hydrogens (tertiary/aromatic N) is 1. The Hall–Kier alpha value is -0.160. The van der Waals surface area contributed by atoms with Crippen LogP contribution in [0.3, 0.4) is 0 Å². The predicted molar refractivity (Wildman–Crippen MR) is 106 cm³/mol. The minimum atomic E-state index is -0.126. The molecule has 0 aromatic carbocycles. The first-order chi connectivity index (χ1) is 11.6. The summed E-state index contributed by atoms with van der Waals surface area (Å²) in [5.41, 5.74) is 0.